The van der Waals surface area contributed by atoms with Gasteiger partial charge in [-0.05, 0) is 29.1 Å². The Balaban J connectivity index is 1.52. The van der Waals surface area contributed by atoms with E-state index in [9.17, 15) is 14.9 Å². The molecule has 1 fully saturated rings. The second-order valence-electron chi connectivity index (χ2n) is 7.84. The lowest BCUT2D eigenvalue weighted by atomic mass is 10.1. The first-order valence-corrected chi connectivity index (χ1v) is 11.6. The van der Waals surface area contributed by atoms with Gasteiger partial charge >= 0.3 is 0 Å². The Kier molecular flexibility index (Phi) is 5.63. The van der Waals surface area contributed by atoms with E-state index >= 15 is 0 Å². The molecule has 1 aliphatic heterocycles. The molecule has 0 saturated carbocycles. The zero-order chi connectivity index (χ0) is 22.8. The van der Waals surface area contributed by atoms with Crippen molar-refractivity contribution in [2.24, 2.45) is 0 Å². The minimum Gasteiger partial charge on any atom is -0.365 e. The van der Waals surface area contributed by atoms with Gasteiger partial charge in [0, 0.05) is 32.4 Å². The zero-order valence-electron chi connectivity index (χ0n) is 17.8. The average molecular weight is 456 g/mol. The van der Waals surface area contributed by atoms with Crippen LogP contribution in [-0.4, -0.2) is 46.5 Å². The number of nitriles is 1. The van der Waals surface area contributed by atoms with E-state index in [0.717, 1.165) is 10.4 Å². The van der Waals surface area contributed by atoms with Crippen LogP contribution in [-0.2, 0) is 6.54 Å². The van der Waals surface area contributed by atoms with E-state index in [2.05, 4.69) is 11.1 Å². The quantitative estimate of drug-likeness (QED) is 0.471. The summed E-state index contributed by atoms with van der Waals surface area (Å²) in [7, 11) is 0. The first kappa shape index (κ1) is 20.9. The molecule has 3 aromatic heterocycles. The van der Waals surface area contributed by atoms with Crippen LogP contribution < -0.4 is 10.5 Å². The van der Waals surface area contributed by atoms with Crippen LogP contribution in [0.15, 0.2) is 71.0 Å². The molecule has 0 unspecified atom stereocenters. The van der Waals surface area contributed by atoms with Gasteiger partial charge < -0.3 is 14.4 Å². The van der Waals surface area contributed by atoms with Gasteiger partial charge in [0.05, 0.1) is 22.6 Å². The van der Waals surface area contributed by atoms with Gasteiger partial charge in [0.15, 0.2) is 0 Å². The van der Waals surface area contributed by atoms with Crippen molar-refractivity contribution in [1.82, 2.24) is 14.5 Å². The summed E-state index contributed by atoms with van der Waals surface area (Å²) in [5, 5.41) is 11.9. The van der Waals surface area contributed by atoms with Crippen LogP contribution in [0.4, 0.5) is 5.69 Å². The summed E-state index contributed by atoms with van der Waals surface area (Å²) in [6.07, 6.45) is 1.68. The van der Waals surface area contributed by atoms with E-state index in [1.807, 2.05) is 63.7 Å². The van der Waals surface area contributed by atoms with Gasteiger partial charge in [-0.1, -0.05) is 36.4 Å². The molecule has 33 heavy (non-hydrogen) atoms. The normalized spacial score (nSPS) is 13.8. The van der Waals surface area contributed by atoms with Crippen LogP contribution in [0.2, 0.25) is 0 Å². The summed E-state index contributed by atoms with van der Waals surface area (Å²) < 4.78 is 1.62. The number of carbonyl (C=O) groups excluding carboxylic acids is 1. The molecule has 1 amide bonds. The first-order valence-electron chi connectivity index (χ1n) is 10.7. The van der Waals surface area contributed by atoms with Crippen molar-refractivity contribution >= 4 is 34.0 Å². The number of anilines is 1. The number of rotatable bonds is 4. The van der Waals surface area contributed by atoms with E-state index in [-0.39, 0.29) is 17.0 Å². The minimum absolute atomic E-state index is 0.0198. The number of fused-ring (bicyclic) bond motifs is 1. The average Bonchev–Trinajstić information content (AvgIpc) is 3.41. The summed E-state index contributed by atoms with van der Waals surface area (Å²) in [5.74, 6) is 0.0198. The Morgan fingerprint density at radius 3 is 2.52 bits per heavy atom. The number of thiophene rings is 1. The van der Waals surface area contributed by atoms with Crippen LogP contribution in [0.5, 0.6) is 0 Å². The molecule has 0 radical (unpaired) electrons. The molecule has 0 aliphatic carbocycles. The minimum atomic E-state index is -0.325. The summed E-state index contributed by atoms with van der Waals surface area (Å²) in [4.78, 5) is 35.3. The van der Waals surface area contributed by atoms with E-state index in [1.165, 1.54) is 11.3 Å². The molecule has 0 atom stereocenters. The highest BCUT2D eigenvalue weighted by Crippen LogP contribution is 2.28. The van der Waals surface area contributed by atoms with Crippen LogP contribution in [0.25, 0.3) is 11.0 Å². The number of hydrogen-bond acceptors (Lipinski definition) is 6. The molecule has 1 aliphatic rings. The molecule has 5 rings (SSSR count). The number of hydrogen-bond donors (Lipinski definition) is 0. The number of piperazine rings is 1. The molecule has 0 spiro atoms. The Hall–Kier alpha value is -3.96. The summed E-state index contributed by atoms with van der Waals surface area (Å²) in [6.45, 7) is 2.45. The van der Waals surface area contributed by atoms with Gasteiger partial charge in [0.25, 0.3) is 11.5 Å². The van der Waals surface area contributed by atoms with Crippen molar-refractivity contribution in [2.45, 2.75) is 6.54 Å². The highest BCUT2D eigenvalue weighted by atomic mass is 32.1. The molecule has 164 valence electrons. The van der Waals surface area contributed by atoms with Crippen molar-refractivity contribution in [2.75, 3.05) is 31.1 Å². The third-order valence-corrected chi connectivity index (χ3v) is 6.77. The summed E-state index contributed by atoms with van der Waals surface area (Å²) >= 11 is 1.43. The molecule has 1 aromatic carbocycles. The predicted octanol–water partition coefficient (Wildman–Crippen LogP) is 3.34. The topological polar surface area (TPSA) is 82.2 Å². The summed E-state index contributed by atoms with van der Waals surface area (Å²) in [5.41, 5.74) is 2.62. The van der Waals surface area contributed by atoms with Crippen molar-refractivity contribution < 1.29 is 4.79 Å². The van der Waals surface area contributed by atoms with Gasteiger partial charge in [-0.3, -0.25) is 14.6 Å². The standard InChI is InChI=1S/C25H21N5O2S/c26-16-19-23(28-11-13-29(14-12-28)25(32)21-9-5-15-33-21)22-20(8-4-10-27-22)30(24(19)31)17-18-6-2-1-3-7-18/h1-10,15H,11-14,17H2. The second-order valence-corrected chi connectivity index (χ2v) is 8.79. The first-order chi connectivity index (χ1) is 16.2. The summed E-state index contributed by atoms with van der Waals surface area (Å²) in [6, 6.07) is 19.2. The van der Waals surface area contributed by atoms with Gasteiger partial charge in [-0.25, -0.2) is 0 Å². The SMILES string of the molecule is N#Cc1c(N2CCN(C(=O)c3cccs3)CC2)c2ncccc2n(Cc2ccccc2)c1=O. The van der Waals surface area contributed by atoms with Crippen LogP contribution in [0.3, 0.4) is 0 Å². The van der Waals surface area contributed by atoms with Gasteiger partial charge in [0.2, 0.25) is 0 Å². The van der Waals surface area contributed by atoms with Crippen LogP contribution >= 0.6 is 11.3 Å². The molecular weight excluding hydrogens is 434 g/mol. The smallest absolute Gasteiger partial charge is 0.271 e. The molecule has 8 heteroatoms. The maximum atomic E-state index is 13.4. The zero-order valence-corrected chi connectivity index (χ0v) is 18.7. The molecular formula is C25H21N5O2S. The van der Waals surface area contributed by atoms with E-state index in [0.29, 0.717) is 49.4 Å². The van der Waals surface area contributed by atoms with E-state index in [1.54, 1.807) is 16.8 Å². The fourth-order valence-corrected chi connectivity index (χ4v) is 4.97. The number of pyridine rings is 2. The third-order valence-electron chi connectivity index (χ3n) is 5.91. The Morgan fingerprint density at radius 1 is 1.03 bits per heavy atom. The molecule has 4 heterocycles. The van der Waals surface area contributed by atoms with Crippen molar-refractivity contribution in [3.8, 4) is 6.07 Å². The number of aromatic nitrogens is 2. The predicted molar refractivity (Wildman–Crippen MR) is 129 cm³/mol. The Bertz CT molecular complexity index is 1400. The number of amides is 1. The Morgan fingerprint density at radius 2 is 1.82 bits per heavy atom. The van der Waals surface area contributed by atoms with Crippen molar-refractivity contribution in [3.05, 3.63) is 92.5 Å². The number of benzene rings is 1. The molecule has 0 bridgehead atoms. The lowest BCUT2D eigenvalue weighted by Crippen LogP contribution is -2.49. The third kappa shape index (κ3) is 3.88. The monoisotopic (exact) mass is 455 g/mol. The molecule has 0 N–H and O–H groups in total. The number of carbonyl (C=O) groups is 1. The number of nitrogens with zero attached hydrogens (tertiary/aromatic N) is 5. The lowest BCUT2D eigenvalue weighted by molar-refractivity contribution is 0.0751. The maximum absolute atomic E-state index is 13.4. The van der Waals surface area contributed by atoms with E-state index < -0.39 is 0 Å². The molecule has 1 saturated heterocycles. The maximum Gasteiger partial charge on any atom is 0.271 e. The van der Waals surface area contributed by atoms with Crippen molar-refractivity contribution in [3.63, 3.8) is 0 Å². The molecule has 4 aromatic rings. The molecule has 7 nitrogen and oxygen atoms in total. The van der Waals surface area contributed by atoms with Gasteiger partial charge in [-0.2, -0.15) is 5.26 Å². The van der Waals surface area contributed by atoms with Crippen molar-refractivity contribution in [1.29, 1.82) is 5.26 Å². The van der Waals surface area contributed by atoms with E-state index in [4.69, 9.17) is 0 Å². The highest BCUT2D eigenvalue weighted by Gasteiger charge is 2.28. The van der Waals surface area contributed by atoms with Crippen LogP contribution in [0.1, 0.15) is 20.8 Å². The lowest BCUT2D eigenvalue weighted by Gasteiger charge is -2.36. The van der Waals surface area contributed by atoms with Crippen LogP contribution in [0, 0.1) is 11.3 Å². The fraction of sp³-hybridized carbons (Fsp3) is 0.200. The van der Waals surface area contributed by atoms with Gasteiger partial charge in [0.1, 0.15) is 17.1 Å². The largest absolute Gasteiger partial charge is 0.365 e. The fourth-order valence-electron chi connectivity index (χ4n) is 4.28. The second kappa shape index (κ2) is 8.88. The highest BCUT2D eigenvalue weighted by molar-refractivity contribution is 7.12. The van der Waals surface area contributed by atoms with Gasteiger partial charge in [-0.15, -0.1) is 11.3 Å². The Labute approximate surface area is 194 Å².